The van der Waals surface area contributed by atoms with Crippen molar-refractivity contribution in [2.45, 2.75) is 95.8 Å². The Bertz CT molecular complexity index is 929. The molecule has 0 aromatic carbocycles. The van der Waals surface area contributed by atoms with E-state index in [1.807, 2.05) is 6.92 Å². The summed E-state index contributed by atoms with van der Waals surface area (Å²) in [6.07, 6.45) is -2.41. The average molecular weight is 525 g/mol. The molecular weight excluding hydrogens is 480 g/mol. The van der Waals surface area contributed by atoms with Gasteiger partial charge in [0.2, 0.25) is 0 Å². The van der Waals surface area contributed by atoms with Gasteiger partial charge in [-0.05, 0) is 54.6 Å². The number of fused-ring (bicyclic) bond motifs is 2. The normalized spacial score (nSPS) is 44.5. The van der Waals surface area contributed by atoms with E-state index in [0.29, 0.717) is 12.8 Å². The number of hydrogen-bond donors (Lipinski definition) is 4. The quantitative estimate of drug-likeness (QED) is 0.366. The van der Waals surface area contributed by atoms with E-state index in [9.17, 15) is 25.2 Å². The number of Topliss-reactive ketones (excluding diaryl/α,β-unsaturated/α-hetero) is 1. The summed E-state index contributed by atoms with van der Waals surface area (Å²) in [6.45, 7) is 8.41. The van der Waals surface area contributed by atoms with Gasteiger partial charge in [0.05, 0.1) is 19.3 Å². The van der Waals surface area contributed by atoms with Crippen molar-refractivity contribution in [3.63, 3.8) is 0 Å². The molecule has 3 aliphatic carbocycles. The lowest BCUT2D eigenvalue weighted by Gasteiger charge is -2.45. The van der Waals surface area contributed by atoms with Gasteiger partial charge in [-0.2, -0.15) is 0 Å². The van der Waals surface area contributed by atoms with Crippen molar-refractivity contribution in [1.82, 2.24) is 0 Å². The van der Waals surface area contributed by atoms with Gasteiger partial charge in [0.25, 0.3) is 0 Å². The Morgan fingerprint density at radius 3 is 2.46 bits per heavy atom. The number of carbonyl (C=O) groups is 1. The second-order valence-electron chi connectivity index (χ2n) is 11.9. The molecule has 4 N–H and O–H groups in total. The van der Waals surface area contributed by atoms with Crippen molar-refractivity contribution in [3.05, 3.63) is 22.8 Å². The van der Waals surface area contributed by atoms with E-state index in [0.717, 1.165) is 29.6 Å². The second kappa shape index (κ2) is 10.8. The molecule has 0 aromatic rings. The van der Waals surface area contributed by atoms with Gasteiger partial charge in [-0.15, -0.1) is 0 Å². The molecule has 1 saturated carbocycles. The molecule has 1 aliphatic heterocycles. The highest BCUT2D eigenvalue weighted by molar-refractivity contribution is 5.88. The van der Waals surface area contributed by atoms with Crippen molar-refractivity contribution in [1.29, 1.82) is 0 Å². The van der Waals surface area contributed by atoms with Gasteiger partial charge in [-0.1, -0.05) is 39.3 Å². The topological polar surface area (TPSA) is 135 Å². The van der Waals surface area contributed by atoms with Crippen LogP contribution in [-0.4, -0.2) is 96.1 Å². The highest BCUT2D eigenvalue weighted by atomic mass is 16.7. The molecule has 9 heteroatoms. The molecule has 10 atom stereocenters. The minimum Gasteiger partial charge on any atom is -0.390 e. The van der Waals surface area contributed by atoms with Crippen molar-refractivity contribution in [2.75, 3.05) is 27.4 Å². The van der Waals surface area contributed by atoms with Crippen LogP contribution >= 0.6 is 0 Å². The van der Waals surface area contributed by atoms with Crippen LogP contribution in [-0.2, 0) is 23.7 Å². The molecule has 0 aromatic heterocycles. The van der Waals surface area contributed by atoms with E-state index in [-0.39, 0.29) is 31.0 Å². The first-order chi connectivity index (χ1) is 17.4. The predicted molar refractivity (Wildman–Crippen MR) is 134 cm³/mol. The summed E-state index contributed by atoms with van der Waals surface area (Å²) < 4.78 is 22.7. The number of methoxy groups -OCH3 is 2. The second-order valence-corrected chi connectivity index (χ2v) is 11.9. The van der Waals surface area contributed by atoms with E-state index in [1.165, 1.54) is 7.11 Å². The molecule has 2 fully saturated rings. The Kier molecular flexibility index (Phi) is 8.39. The summed E-state index contributed by atoms with van der Waals surface area (Å²) >= 11 is 0. The molecule has 4 aliphatic rings. The van der Waals surface area contributed by atoms with E-state index in [4.69, 9.17) is 18.9 Å². The van der Waals surface area contributed by atoms with Crippen LogP contribution in [0.25, 0.3) is 0 Å². The molecule has 0 unspecified atom stereocenters. The van der Waals surface area contributed by atoms with E-state index in [1.54, 1.807) is 7.11 Å². The summed E-state index contributed by atoms with van der Waals surface area (Å²) in [6, 6.07) is 0. The van der Waals surface area contributed by atoms with Crippen molar-refractivity contribution in [2.24, 2.45) is 23.2 Å². The summed E-state index contributed by atoms with van der Waals surface area (Å²) in [4.78, 5) is 12.6. The maximum Gasteiger partial charge on any atom is 0.197 e. The lowest BCUT2D eigenvalue weighted by Crippen LogP contribution is -2.59. The zero-order valence-corrected chi connectivity index (χ0v) is 22.8. The Morgan fingerprint density at radius 2 is 1.84 bits per heavy atom. The zero-order valence-electron chi connectivity index (χ0n) is 22.8. The van der Waals surface area contributed by atoms with Crippen molar-refractivity contribution < 1.29 is 44.2 Å². The van der Waals surface area contributed by atoms with Crippen LogP contribution in [0.5, 0.6) is 0 Å². The number of ketones is 1. The number of carbonyl (C=O) groups excluding carboxylic acids is 1. The maximum atomic E-state index is 12.6. The largest absolute Gasteiger partial charge is 0.390 e. The fraction of sp³-hybridized carbons (Fsp3) is 0.821. The first-order valence-electron chi connectivity index (χ1n) is 13.4. The molecule has 9 nitrogen and oxygen atoms in total. The molecule has 37 heavy (non-hydrogen) atoms. The van der Waals surface area contributed by atoms with Crippen molar-refractivity contribution in [3.8, 4) is 0 Å². The minimum absolute atomic E-state index is 0.0486. The fourth-order valence-electron chi connectivity index (χ4n) is 7.04. The van der Waals surface area contributed by atoms with Gasteiger partial charge >= 0.3 is 0 Å². The van der Waals surface area contributed by atoms with Gasteiger partial charge in [0, 0.05) is 19.6 Å². The van der Waals surface area contributed by atoms with E-state index >= 15 is 0 Å². The highest BCUT2D eigenvalue weighted by Crippen LogP contribution is 2.56. The lowest BCUT2D eigenvalue weighted by atomic mass is 9.68. The van der Waals surface area contributed by atoms with Gasteiger partial charge in [-0.3, -0.25) is 4.79 Å². The van der Waals surface area contributed by atoms with Crippen LogP contribution in [0.15, 0.2) is 22.8 Å². The molecular formula is C28H44O9. The Morgan fingerprint density at radius 1 is 1.14 bits per heavy atom. The number of ether oxygens (including phenoxy) is 4. The number of aliphatic hydroxyl groups excluding tert-OH is 3. The van der Waals surface area contributed by atoms with Crippen LogP contribution in [0, 0.1) is 23.2 Å². The summed E-state index contributed by atoms with van der Waals surface area (Å²) in [7, 11) is 3.02. The number of aliphatic hydroxyl groups is 4. The number of hydrogen-bond acceptors (Lipinski definition) is 9. The van der Waals surface area contributed by atoms with E-state index in [2.05, 4.69) is 26.8 Å². The van der Waals surface area contributed by atoms with Crippen molar-refractivity contribution >= 4 is 5.78 Å². The molecule has 0 bridgehead atoms. The first-order valence-corrected chi connectivity index (χ1v) is 13.4. The molecule has 4 rings (SSSR count). The third-order valence-corrected chi connectivity index (χ3v) is 9.12. The van der Waals surface area contributed by atoms with Gasteiger partial charge < -0.3 is 39.4 Å². The van der Waals surface area contributed by atoms with Crippen LogP contribution in [0.2, 0.25) is 0 Å². The molecule has 1 saturated heterocycles. The lowest BCUT2D eigenvalue weighted by molar-refractivity contribution is -0.275. The maximum absolute atomic E-state index is 12.6. The summed E-state index contributed by atoms with van der Waals surface area (Å²) in [5, 5.41) is 44.4. The SMILES string of the molecule is COC[C@H]1O[C@H](O[C@@H]2C3=C(C(C)C)CC[C@]3(C)C=C3[C@@H](CC[C@]3(O)COC)[C@@H](C)[C@H]2O)[C@H](O)C(=O)[C@@H]1O. The Balaban J connectivity index is 1.79. The van der Waals surface area contributed by atoms with Crippen LogP contribution in [0.4, 0.5) is 0 Å². The van der Waals surface area contributed by atoms with Crippen LogP contribution in [0.3, 0.4) is 0 Å². The third-order valence-electron chi connectivity index (χ3n) is 9.12. The molecule has 210 valence electrons. The minimum atomic E-state index is -1.70. The third kappa shape index (κ3) is 4.98. The van der Waals surface area contributed by atoms with E-state index < -0.39 is 53.6 Å². The zero-order chi connectivity index (χ0) is 27.3. The first kappa shape index (κ1) is 28.8. The highest BCUT2D eigenvalue weighted by Gasteiger charge is 2.55. The Hall–Kier alpha value is -1.17. The average Bonchev–Trinajstić information content (AvgIpc) is 3.34. The number of allylic oxidation sites excluding steroid dienone is 2. The molecule has 0 spiro atoms. The van der Waals surface area contributed by atoms with Crippen LogP contribution in [0.1, 0.15) is 53.4 Å². The summed E-state index contributed by atoms with van der Waals surface area (Å²) in [5.74, 6) is -0.974. The Labute approximate surface area is 219 Å². The number of rotatable bonds is 7. The van der Waals surface area contributed by atoms with Gasteiger partial charge in [-0.25, -0.2) is 0 Å². The molecule has 0 radical (unpaired) electrons. The smallest absolute Gasteiger partial charge is 0.197 e. The summed E-state index contributed by atoms with van der Waals surface area (Å²) in [5.41, 5.74) is 1.38. The fourth-order valence-corrected chi connectivity index (χ4v) is 7.04. The molecule has 0 amide bonds. The monoisotopic (exact) mass is 524 g/mol. The van der Waals surface area contributed by atoms with Crippen LogP contribution < -0.4 is 0 Å². The van der Waals surface area contributed by atoms with Gasteiger partial charge in [0.1, 0.15) is 23.9 Å². The predicted octanol–water partition coefficient (Wildman–Crippen LogP) is 1.51. The molecule has 1 heterocycles. The van der Waals surface area contributed by atoms with Gasteiger partial charge in [0.15, 0.2) is 18.2 Å². The standard InChI is InChI=1S/C28H44O9/c1-14(2)16-7-9-27(4)11-18-17(8-10-28(18,33)13-35-6)15(3)21(29)25(20(16)27)37-26-24(32)23(31)22(30)19(36-26)12-34-5/h11,14-15,17,19,21-22,24-26,29-30,32-33H,7-10,12-13H2,1-6H3/t15-,17+,19-,21-,22-,24-,25-,26-,27-,28+/m1/s1.